The molecule has 4 aliphatic rings. The Morgan fingerprint density at radius 3 is 3.00 bits per heavy atom. The Labute approximate surface area is 150 Å². The number of nitrogens with zero attached hydrogens (tertiary/aromatic N) is 1. The topological polar surface area (TPSA) is 30.8 Å². The molecule has 134 valence electrons. The van der Waals surface area contributed by atoms with Gasteiger partial charge >= 0.3 is 0 Å². The first-order chi connectivity index (χ1) is 12.1. The predicted molar refractivity (Wildman–Crippen MR) is 99.3 cm³/mol. The number of hydrogen-bond donors (Lipinski definition) is 0. The van der Waals surface area contributed by atoms with Gasteiger partial charge in [0.05, 0.1) is 7.11 Å². The fraction of sp³-hybridized carbons (Fsp3) is 0.682. The van der Waals surface area contributed by atoms with Gasteiger partial charge in [-0.05, 0) is 73.1 Å². The second kappa shape index (κ2) is 5.49. The van der Waals surface area contributed by atoms with Crippen molar-refractivity contribution in [2.45, 2.75) is 58.0 Å². The van der Waals surface area contributed by atoms with E-state index in [1.165, 1.54) is 37.7 Å². The number of aliphatic imine (C=N–C) groups is 1. The third kappa shape index (κ3) is 2.20. The predicted octanol–water partition coefficient (Wildman–Crippen LogP) is 4.59. The number of fused-ring (bicyclic) bond motifs is 7. The molecule has 0 N–H and O–H groups in total. The van der Waals surface area contributed by atoms with Crippen LogP contribution in [0, 0.1) is 23.2 Å². The Morgan fingerprint density at radius 2 is 2.16 bits per heavy atom. The number of ether oxygens (including phenoxy) is 2. The van der Waals surface area contributed by atoms with Gasteiger partial charge < -0.3 is 9.47 Å². The highest BCUT2D eigenvalue weighted by atomic mass is 16.5. The molecule has 3 heteroatoms. The highest BCUT2D eigenvalue weighted by molar-refractivity contribution is 5.74. The van der Waals surface area contributed by atoms with Crippen molar-refractivity contribution in [1.82, 2.24) is 0 Å². The lowest BCUT2D eigenvalue weighted by Crippen LogP contribution is -2.46. The van der Waals surface area contributed by atoms with Crippen molar-refractivity contribution in [3.8, 4) is 5.75 Å². The van der Waals surface area contributed by atoms with Gasteiger partial charge in [0.2, 0.25) is 0 Å². The number of methoxy groups -OCH3 is 1. The summed E-state index contributed by atoms with van der Waals surface area (Å²) in [5, 5.41) is 0. The molecule has 0 saturated heterocycles. The van der Waals surface area contributed by atoms with Crippen molar-refractivity contribution in [2.75, 3.05) is 13.7 Å². The lowest BCUT2D eigenvalue weighted by atomic mass is 9.55. The Morgan fingerprint density at radius 1 is 1.28 bits per heavy atom. The maximum atomic E-state index is 6.30. The van der Waals surface area contributed by atoms with Crippen LogP contribution >= 0.6 is 0 Å². The molecule has 0 radical (unpaired) electrons. The van der Waals surface area contributed by atoms with Gasteiger partial charge in [0, 0.05) is 24.8 Å². The molecule has 3 nitrogen and oxygen atoms in total. The van der Waals surface area contributed by atoms with E-state index in [1.54, 1.807) is 12.7 Å². The Balaban J connectivity index is 1.47. The molecule has 0 bridgehead atoms. The molecule has 2 fully saturated rings. The number of aryl methyl sites for hydroxylation is 1. The average Bonchev–Trinajstić information content (AvgIpc) is 2.93. The van der Waals surface area contributed by atoms with Crippen LogP contribution in [0.25, 0.3) is 0 Å². The lowest BCUT2D eigenvalue weighted by Gasteiger charge is -2.50. The zero-order valence-electron chi connectivity index (χ0n) is 15.6. The number of hydrogen-bond acceptors (Lipinski definition) is 3. The summed E-state index contributed by atoms with van der Waals surface area (Å²) >= 11 is 0. The van der Waals surface area contributed by atoms with E-state index in [9.17, 15) is 0 Å². The number of benzene rings is 1. The quantitative estimate of drug-likeness (QED) is 0.749. The van der Waals surface area contributed by atoms with Gasteiger partial charge in [0.1, 0.15) is 11.9 Å². The Kier molecular flexibility index (Phi) is 3.45. The van der Waals surface area contributed by atoms with Crippen LogP contribution in [-0.2, 0) is 11.2 Å². The minimum Gasteiger partial charge on any atom is -0.497 e. The summed E-state index contributed by atoms with van der Waals surface area (Å²) in [6, 6.07) is 6.78. The molecule has 1 aliphatic heterocycles. The van der Waals surface area contributed by atoms with Crippen LogP contribution in [0.1, 0.15) is 56.6 Å². The minimum atomic E-state index is 0.340. The molecular weight excluding hydrogens is 310 g/mol. The van der Waals surface area contributed by atoms with E-state index in [1.807, 2.05) is 6.92 Å². The first-order valence-corrected chi connectivity index (χ1v) is 9.94. The van der Waals surface area contributed by atoms with E-state index in [2.05, 4.69) is 30.1 Å². The first kappa shape index (κ1) is 15.7. The summed E-state index contributed by atoms with van der Waals surface area (Å²) in [6.45, 7) is 5.53. The summed E-state index contributed by atoms with van der Waals surface area (Å²) in [6.07, 6.45) is 6.83. The fourth-order valence-corrected chi connectivity index (χ4v) is 6.69. The van der Waals surface area contributed by atoms with Crippen molar-refractivity contribution in [3.63, 3.8) is 0 Å². The molecular formula is C22H29NO2. The van der Waals surface area contributed by atoms with Crippen molar-refractivity contribution in [1.29, 1.82) is 0 Å². The van der Waals surface area contributed by atoms with Crippen LogP contribution in [0.2, 0.25) is 0 Å². The molecule has 6 atom stereocenters. The van der Waals surface area contributed by atoms with Crippen molar-refractivity contribution in [3.05, 3.63) is 29.3 Å². The summed E-state index contributed by atoms with van der Waals surface area (Å²) in [4.78, 5) is 4.60. The molecule has 5 rings (SSSR count). The van der Waals surface area contributed by atoms with Gasteiger partial charge in [-0.15, -0.1) is 0 Å². The first-order valence-electron chi connectivity index (χ1n) is 9.94. The summed E-state index contributed by atoms with van der Waals surface area (Å²) in [7, 11) is 1.77. The molecule has 3 aliphatic carbocycles. The SMILES string of the molecule is COc1ccc2c(c1)CC[C@@H]1[C@@H]2CC[C@@]2(C)[C@H]1C[C@@H]1CN=C(C)O[C@@H]12. The minimum absolute atomic E-state index is 0.340. The van der Waals surface area contributed by atoms with Gasteiger partial charge in [-0.3, -0.25) is 4.99 Å². The lowest BCUT2D eigenvalue weighted by molar-refractivity contribution is -0.0286. The largest absolute Gasteiger partial charge is 0.497 e. The van der Waals surface area contributed by atoms with Crippen LogP contribution in [0.4, 0.5) is 0 Å². The third-order valence-electron chi connectivity index (χ3n) is 7.85. The zero-order valence-corrected chi connectivity index (χ0v) is 15.6. The van der Waals surface area contributed by atoms with Crippen molar-refractivity contribution < 1.29 is 9.47 Å². The van der Waals surface area contributed by atoms with E-state index >= 15 is 0 Å². The zero-order chi connectivity index (χ0) is 17.2. The van der Waals surface area contributed by atoms with Gasteiger partial charge in [0.25, 0.3) is 0 Å². The van der Waals surface area contributed by atoms with Crippen LogP contribution in [0.3, 0.4) is 0 Å². The molecule has 1 aromatic carbocycles. The second-order valence-electron chi connectivity index (χ2n) is 8.92. The smallest absolute Gasteiger partial charge is 0.180 e. The summed E-state index contributed by atoms with van der Waals surface area (Å²) < 4.78 is 11.7. The molecule has 25 heavy (non-hydrogen) atoms. The molecule has 2 saturated carbocycles. The van der Waals surface area contributed by atoms with E-state index in [4.69, 9.17) is 9.47 Å². The third-order valence-corrected chi connectivity index (χ3v) is 7.85. The van der Waals surface area contributed by atoms with E-state index in [0.717, 1.165) is 35.9 Å². The van der Waals surface area contributed by atoms with E-state index in [-0.39, 0.29) is 0 Å². The molecule has 1 aromatic rings. The normalized spacial score (nSPS) is 41.6. The summed E-state index contributed by atoms with van der Waals surface area (Å²) in [5.41, 5.74) is 3.46. The molecule has 1 heterocycles. The number of rotatable bonds is 1. The molecule has 0 amide bonds. The van der Waals surface area contributed by atoms with Crippen LogP contribution in [0.5, 0.6) is 5.75 Å². The van der Waals surface area contributed by atoms with E-state index < -0.39 is 0 Å². The Hall–Kier alpha value is -1.51. The highest BCUT2D eigenvalue weighted by Crippen LogP contribution is 2.63. The fourth-order valence-electron chi connectivity index (χ4n) is 6.69. The molecule has 0 aromatic heterocycles. The maximum Gasteiger partial charge on any atom is 0.180 e. The molecule has 0 unspecified atom stereocenters. The van der Waals surface area contributed by atoms with Crippen LogP contribution < -0.4 is 4.74 Å². The monoisotopic (exact) mass is 339 g/mol. The van der Waals surface area contributed by atoms with Gasteiger partial charge in [0.15, 0.2) is 5.90 Å². The maximum absolute atomic E-state index is 6.30. The van der Waals surface area contributed by atoms with Crippen LogP contribution in [0.15, 0.2) is 23.2 Å². The van der Waals surface area contributed by atoms with Crippen LogP contribution in [-0.4, -0.2) is 25.7 Å². The van der Waals surface area contributed by atoms with Crippen molar-refractivity contribution in [2.24, 2.45) is 28.2 Å². The standard InChI is InChI=1S/C22H29NO2/c1-13-23-12-15-11-20-19-6-4-14-10-16(24-3)5-7-17(14)18(19)8-9-22(20,2)21(15)25-13/h5,7,10,15,18-21H,4,6,8-9,11-12H2,1-3H3/t15-,18-,19-,20+,21+,22+/m1/s1. The average molecular weight is 339 g/mol. The van der Waals surface area contributed by atoms with E-state index in [0.29, 0.717) is 17.4 Å². The van der Waals surface area contributed by atoms with Gasteiger partial charge in [-0.1, -0.05) is 13.0 Å². The second-order valence-corrected chi connectivity index (χ2v) is 8.92. The molecule has 0 spiro atoms. The van der Waals surface area contributed by atoms with Gasteiger partial charge in [-0.25, -0.2) is 0 Å². The highest BCUT2D eigenvalue weighted by Gasteiger charge is 2.60. The van der Waals surface area contributed by atoms with Gasteiger partial charge in [-0.2, -0.15) is 0 Å². The summed E-state index contributed by atoms with van der Waals surface area (Å²) in [5.74, 6) is 4.88. The van der Waals surface area contributed by atoms with Crippen molar-refractivity contribution >= 4 is 5.90 Å². The Bertz CT molecular complexity index is 727.